The summed E-state index contributed by atoms with van der Waals surface area (Å²) in [6.07, 6.45) is 0. The molecule has 2 aromatic carbocycles. The number of nitriles is 1. The van der Waals surface area contributed by atoms with E-state index in [2.05, 4.69) is 0 Å². The van der Waals surface area contributed by atoms with Crippen LogP contribution in [0.1, 0.15) is 24.1 Å². The lowest BCUT2D eigenvalue weighted by Crippen LogP contribution is -2.40. The second-order valence-electron chi connectivity index (χ2n) is 5.96. The third-order valence-electron chi connectivity index (χ3n) is 4.31. The van der Waals surface area contributed by atoms with Gasteiger partial charge in [0.2, 0.25) is 15.9 Å². The molecular weight excluding hydrogens is 350 g/mol. The Morgan fingerprint density at radius 1 is 1.08 bits per heavy atom. The molecule has 0 aromatic heterocycles. The van der Waals surface area contributed by atoms with Crippen molar-refractivity contribution in [3.8, 4) is 6.07 Å². The fraction of sp³-hybridized carbons (Fsp3) is 0.263. The maximum atomic E-state index is 12.7. The van der Waals surface area contributed by atoms with E-state index in [1.807, 2.05) is 43.3 Å². The highest BCUT2D eigenvalue weighted by Gasteiger charge is 2.27. The predicted octanol–water partition coefficient (Wildman–Crippen LogP) is 2.40. The minimum absolute atomic E-state index is 0.0535. The van der Waals surface area contributed by atoms with Gasteiger partial charge in [0, 0.05) is 14.1 Å². The number of benzene rings is 2. The lowest BCUT2D eigenvalue weighted by Gasteiger charge is -2.27. The first kappa shape index (κ1) is 19.6. The molecule has 0 saturated carbocycles. The fourth-order valence-electron chi connectivity index (χ4n) is 2.51. The van der Waals surface area contributed by atoms with Crippen LogP contribution in [0.3, 0.4) is 0 Å². The van der Waals surface area contributed by atoms with Gasteiger partial charge in [-0.1, -0.05) is 42.5 Å². The van der Waals surface area contributed by atoms with E-state index < -0.39 is 10.0 Å². The van der Waals surface area contributed by atoms with Gasteiger partial charge >= 0.3 is 0 Å². The maximum absolute atomic E-state index is 12.7. The summed E-state index contributed by atoms with van der Waals surface area (Å²) in [5, 5.41) is 9.12. The number of likely N-dealkylation sites (N-methyl/N-ethyl adjacent to an activating group) is 2. The smallest absolute Gasteiger partial charge is 0.244 e. The van der Waals surface area contributed by atoms with Crippen molar-refractivity contribution in [3.05, 3.63) is 65.7 Å². The van der Waals surface area contributed by atoms with Crippen molar-refractivity contribution in [2.45, 2.75) is 17.9 Å². The quantitative estimate of drug-likeness (QED) is 0.781. The molecule has 0 unspecified atom stereocenters. The van der Waals surface area contributed by atoms with Crippen molar-refractivity contribution in [3.63, 3.8) is 0 Å². The first-order chi connectivity index (χ1) is 12.3. The van der Waals surface area contributed by atoms with Crippen molar-refractivity contribution in [1.29, 1.82) is 5.26 Å². The molecule has 0 heterocycles. The van der Waals surface area contributed by atoms with Crippen molar-refractivity contribution in [2.24, 2.45) is 0 Å². The van der Waals surface area contributed by atoms with Crippen molar-refractivity contribution in [1.82, 2.24) is 9.21 Å². The van der Waals surface area contributed by atoms with E-state index >= 15 is 0 Å². The van der Waals surface area contributed by atoms with Crippen molar-refractivity contribution in [2.75, 3.05) is 20.6 Å². The zero-order chi connectivity index (χ0) is 19.3. The Balaban J connectivity index is 2.17. The second-order valence-corrected chi connectivity index (χ2v) is 7.97. The van der Waals surface area contributed by atoms with E-state index in [0.717, 1.165) is 9.87 Å². The molecule has 26 heavy (non-hydrogen) atoms. The zero-order valence-corrected chi connectivity index (χ0v) is 15.8. The molecule has 0 aliphatic carbocycles. The number of rotatable bonds is 6. The first-order valence-corrected chi connectivity index (χ1v) is 9.49. The SMILES string of the molecule is C[C@@H](c1ccccc1)N(C)C(=O)CN(C)S(=O)(=O)c1ccccc1C#N. The number of hydrogen-bond acceptors (Lipinski definition) is 4. The molecular formula is C19H21N3O3S. The van der Waals surface area contributed by atoms with Gasteiger partial charge in [-0.05, 0) is 24.6 Å². The van der Waals surface area contributed by atoms with Gasteiger partial charge < -0.3 is 4.90 Å². The van der Waals surface area contributed by atoms with Gasteiger partial charge in [-0.2, -0.15) is 9.57 Å². The van der Waals surface area contributed by atoms with Crippen molar-refractivity contribution < 1.29 is 13.2 Å². The average molecular weight is 371 g/mol. The van der Waals surface area contributed by atoms with Gasteiger partial charge in [0.1, 0.15) is 6.07 Å². The highest BCUT2D eigenvalue weighted by Crippen LogP contribution is 2.21. The Labute approximate surface area is 154 Å². The van der Waals surface area contributed by atoms with E-state index in [9.17, 15) is 13.2 Å². The van der Waals surface area contributed by atoms with Gasteiger partial charge in [-0.25, -0.2) is 8.42 Å². The minimum atomic E-state index is -3.94. The molecule has 136 valence electrons. The third kappa shape index (κ3) is 4.10. The van der Waals surface area contributed by atoms with Crippen molar-refractivity contribution >= 4 is 15.9 Å². The van der Waals surface area contributed by atoms with Gasteiger partial charge in [-0.15, -0.1) is 0 Å². The molecule has 7 heteroatoms. The molecule has 2 rings (SSSR count). The molecule has 0 aliphatic rings. The number of amides is 1. The number of nitrogens with zero attached hydrogens (tertiary/aromatic N) is 3. The Kier molecular flexibility index (Phi) is 6.14. The largest absolute Gasteiger partial charge is 0.338 e. The normalized spacial score (nSPS) is 12.4. The number of sulfonamides is 1. The Bertz CT molecular complexity index is 921. The average Bonchev–Trinajstić information content (AvgIpc) is 2.67. The molecule has 0 saturated heterocycles. The topological polar surface area (TPSA) is 81.5 Å². The van der Waals surface area contributed by atoms with E-state index in [0.29, 0.717) is 0 Å². The Hall–Kier alpha value is -2.69. The molecule has 0 aliphatic heterocycles. The first-order valence-electron chi connectivity index (χ1n) is 8.05. The molecule has 0 radical (unpaired) electrons. The summed E-state index contributed by atoms with van der Waals surface area (Å²) >= 11 is 0. The fourth-order valence-corrected chi connectivity index (χ4v) is 3.77. The minimum Gasteiger partial charge on any atom is -0.338 e. The molecule has 1 amide bonds. The molecule has 2 aromatic rings. The number of carbonyl (C=O) groups excluding carboxylic acids is 1. The van der Waals surface area contributed by atoms with Gasteiger partial charge in [0.25, 0.3) is 0 Å². The highest BCUT2D eigenvalue weighted by molar-refractivity contribution is 7.89. The van der Waals surface area contributed by atoms with Gasteiger partial charge in [0.15, 0.2) is 0 Å². The van der Waals surface area contributed by atoms with E-state index in [1.165, 1.54) is 24.1 Å². The van der Waals surface area contributed by atoms with E-state index in [1.54, 1.807) is 19.2 Å². The molecule has 0 fully saturated rings. The van der Waals surface area contributed by atoms with Crippen LogP contribution in [-0.4, -0.2) is 44.2 Å². The second kappa shape index (κ2) is 8.13. The molecule has 1 atom stereocenters. The van der Waals surface area contributed by atoms with Crippen LogP contribution in [0, 0.1) is 11.3 Å². The molecule has 0 N–H and O–H groups in total. The van der Waals surface area contributed by atoms with Crippen LogP contribution in [0.15, 0.2) is 59.5 Å². The zero-order valence-electron chi connectivity index (χ0n) is 15.0. The molecule has 0 bridgehead atoms. The Morgan fingerprint density at radius 3 is 2.27 bits per heavy atom. The predicted molar refractivity (Wildman–Crippen MR) is 98.6 cm³/mol. The van der Waals surface area contributed by atoms with Crippen LogP contribution < -0.4 is 0 Å². The monoisotopic (exact) mass is 371 g/mol. The van der Waals surface area contributed by atoms with E-state index in [-0.39, 0.29) is 29.0 Å². The number of carbonyl (C=O) groups is 1. The summed E-state index contributed by atoms with van der Waals surface area (Å²) in [6, 6.07) is 17.1. The third-order valence-corrected chi connectivity index (χ3v) is 6.17. The standard InChI is InChI=1S/C19H21N3O3S/c1-15(16-9-5-4-6-10-16)22(3)19(23)14-21(2)26(24,25)18-12-8-7-11-17(18)13-20/h4-12,15H,14H2,1-3H3/t15-/m0/s1. The summed E-state index contributed by atoms with van der Waals surface area (Å²) in [4.78, 5) is 14.0. The van der Waals surface area contributed by atoms with Crippen LogP contribution in [0.4, 0.5) is 0 Å². The van der Waals surface area contributed by atoms with Crippen LogP contribution in [0.5, 0.6) is 0 Å². The van der Waals surface area contributed by atoms with Gasteiger partial charge in [-0.3, -0.25) is 4.79 Å². The van der Waals surface area contributed by atoms with Crippen LogP contribution >= 0.6 is 0 Å². The lowest BCUT2D eigenvalue weighted by atomic mass is 10.1. The van der Waals surface area contributed by atoms with E-state index in [4.69, 9.17) is 5.26 Å². The highest BCUT2D eigenvalue weighted by atomic mass is 32.2. The summed E-state index contributed by atoms with van der Waals surface area (Å²) in [7, 11) is -0.959. The van der Waals surface area contributed by atoms with Crippen LogP contribution in [-0.2, 0) is 14.8 Å². The summed E-state index contributed by atoms with van der Waals surface area (Å²) in [5.74, 6) is -0.332. The summed E-state index contributed by atoms with van der Waals surface area (Å²) < 4.78 is 26.4. The maximum Gasteiger partial charge on any atom is 0.244 e. The lowest BCUT2D eigenvalue weighted by molar-refractivity contribution is -0.131. The van der Waals surface area contributed by atoms with Gasteiger partial charge in [0.05, 0.1) is 23.0 Å². The number of hydrogen-bond donors (Lipinski definition) is 0. The van der Waals surface area contributed by atoms with Crippen LogP contribution in [0.2, 0.25) is 0 Å². The van der Waals surface area contributed by atoms with Crippen LogP contribution in [0.25, 0.3) is 0 Å². The Morgan fingerprint density at radius 2 is 1.65 bits per heavy atom. The summed E-state index contributed by atoms with van der Waals surface area (Å²) in [6.45, 7) is 1.57. The molecule has 6 nitrogen and oxygen atoms in total. The molecule has 0 spiro atoms. The summed E-state index contributed by atoms with van der Waals surface area (Å²) in [5.41, 5.74) is 1.02.